The highest BCUT2D eigenvalue weighted by molar-refractivity contribution is 6.31. The molecular weight excluding hydrogens is 453 g/mol. The van der Waals surface area contributed by atoms with E-state index in [1.54, 1.807) is 24.3 Å². The first kappa shape index (κ1) is 28.3. The third-order valence-electron chi connectivity index (χ3n) is 5.38. The van der Waals surface area contributed by atoms with E-state index in [0.29, 0.717) is 23.7 Å². The Balaban J connectivity index is 0.000000427. The fraction of sp³-hybridized carbons (Fsp3) is 0.458. The summed E-state index contributed by atoms with van der Waals surface area (Å²) in [6, 6.07) is 13.2. The van der Waals surface area contributed by atoms with E-state index in [0.717, 1.165) is 12.8 Å². The smallest absolute Gasteiger partial charge is 0.145 e. The van der Waals surface area contributed by atoms with E-state index in [-0.39, 0.29) is 34.1 Å². The number of nitriles is 1. The van der Waals surface area contributed by atoms with Crippen molar-refractivity contribution in [3.63, 3.8) is 0 Å². The molecule has 0 saturated carbocycles. The maximum absolute atomic E-state index is 14.3. The van der Waals surface area contributed by atoms with Crippen LogP contribution >= 0.6 is 23.2 Å². The molecule has 0 bridgehead atoms. The first-order valence-corrected chi connectivity index (χ1v) is 11.2. The van der Waals surface area contributed by atoms with Crippen LogP contribution in [0.5, 0.6) is 0 Å². The molecule has 5 N–H and O–H groups in total. The van der Waals surface area contributed by atoms with Gasteiger partial charge in [0, 0.05) is 23.5 Å². The van der Waals surface area contributed by atoms with Crippen LogP contribution in [0.15, 0.2) is 42.5 Å². The Labute approximate surface area is 199 Å². The molecule has 1 aliphatic heterocycles. The van der Waals surface area contributed by atoms with Crippen LogP contribution in [-0.4, -0.2) is 26.2 Å². The molecule has 1 aliphatic rings. The summed E-state index contributed by atoms with van der Waals surface area (Å²) in [4.78, 5) is 0. The Bertz CT molecular complexity index is 869. The van der Waals surface area contributed by atoms with Gasteiger partial charge >= 0.3 is 0 Å². The number of hydrogen-bond acceptors (Lipinski definition) is 4. The van der Waals surface area contributed by atoms with Crippen molar-refractivity contribution in [3.05, 3.63) is 69.7 Å². The minimum absolute atomic E-state index is 0.0509. The molecule has 176 valence electrons. The number of benzene rings is 2. The standard InChI is InChI=1S/C17H23ClFN3.C6H4ClF.CH5N/c1-17(2,6-7-20)8-15-12(9-21)13(10-22-15)11-4-3-5-14(18)16(11)19;7-5-2-1-3-6(8)4-5;1-2/h3-5,12-13,15,22H,6-8,10,20H2,1-2H3;1-4H;2H2,1H3. The second kappa shape index (κ2) is 13.7. The van der Waals surface area contributed by atoms with E-state index in [2.05, 4.69) is 31.0 Å². The molecule has 4 nitrogen and oxygen atoms in total. The highest BCUT2D eigenvalue weighted by Gasteiger charge is 2.40. The van der Waals surface area contributed by atoms with Crippen LogP contribution in [0, 0.1) is 34.3 Å². The molecule has 2 aromatic rings. The average molecular weight is 485 g/mol. The third kappa shape index (κ3) is 8.31. The molecule has 1 fully saturated rings. The van der Waals surface area contributed by atoms with Gasteiger partial charge in [0.2, 0.25) is 0 Å². The zero-order valence-corrected chi connectivity index (χ0v) is 20.2. The molecule has 0 aromatic heterocycles. The summed E-state index contributed by atoms with van der Waals surface area (Å²) >= 11 is 11.3. The van der Waals surface area contributed by atoms with Gasteiger partial charge in [0.1, 0.15) is 11.6 Å². The van der Waals surface area contributed by atoms with Crippen LogP contribution < -0.4 is 16.8 Å². The summed E-state index contributed by atoms with van der Waals surface area (Å²) in [5.41, 5.74) is 10.8. The van der Waals surface area contributed by atoms with Gasteiger partial charge in [-0.25, -0.2) is 8.78 Å². The maximum atomic E-state index is 14.3. The van der Waals surface area contributed by atoms with E-state index in [1.165, 1.54) is 25.2 Å². The molecule has 32 heavy (non-hydrogen) atoms. The van der Waals surface area contributed by atoms with Crippen LogP contribution in [0.25, 0.3) is 0 Å². The Hall–Kier alpha value is -1.75. The zero-order valence-electron chi connectivity index (χ0n) is 18.7. The normalized spacial score (nSPS) is 19.8. The van der Waals surface area contributed by atoms with E-state index < -0.39 is 5.82 Å². The Morgan fingerprint density at radius 2 is 1.81 bits per heavy atom. The molecule has 1 heterocycles. The van der Waals surface area contributed by atoms with Gasteiger partial charge in [0.25, 0.3) is 0 Å². The molecule has 2 aromatic carbocycles. The quantitative estimate of drug-likeness (QED) is 0.523. The lowest BCUT2D eigenvalue weighted by Crippen LogP contribution is -2.33. The third-order valence-corrected chi connectivity index (χ3v) is 5.90. The molecule has 3 unspecified atom stereocenters. The summed E-state index contributed by atoms with van der Waals surface area (Å²) in [6.07, 6.45) is 1.75. The van der Waals surface area contributed by atoms with E-state index in [1.807, 2.05) is 0 Å². The second-order valence-electron chi connectivity index (χ2n) is 8.27. The lowest BCUT2D eigenvalue weighted by molar-refractivity contribution is 0.261. The molecule has 0 radical (unpaired) electrons. The Morgan fingerprint density at radius 3 is 2.34 bits per heavy atom. The van der Waals surface area contributed by atoms with Crippen molar-refractivity contribution in [1.82, 2.24) is 5.32 Å². The monoisotopic (exact) mass is 484 g/mol. The topological polar surface area (TPSA) is 87.9 Å². The molecule has 3 rings (SSSR count). The van der Waals surface area contributed by atoms with Crippen molar-refractivity contribution in [3.8, 4) is 6.07 Å². The first-order chi connectivity index (χ1) is 15.2. The average Bonchev–Trinajstić information content (AvgIpc) is 3.13. The van der Waals surface area contributed by atoms with E-state index in [9.17, 15) is 14.0 Å². The van der Waals surface area contributed by atoms with Gasteiger partial charge in [-0.2, -0.15) is 5.26 Å². The van der Waals surface area contributed by atoms with Crippen molar-refractivity contribution in [2.24, 2.45) is 22.8 Å². The molecule has 1 saturated heterocycles. The molecule has 0 amide bonds. The summed E-state index contributed by atoms with van der Waals surface area (Å²) < 4.78 is 26.3. The largest absolute Gasteiger partial charge is 0.333 e. The van der Waals surface area contributed by atoms with Gasteiger partial charge in [0.15, 0.2) is 0 Å². The molecule has 3 atom stereocenters. The van der Waals surface area contributed by atoms with Crippen molar-refractivity contribution < 1.29 is 8.78 Å². The zero-order chi connectivity index (χ0) is 24.3. The number of nitrogens with one attached hydrogen (secondary N) is 1. The predicted octanol–water partition coefficient (Wildman–Crippen LogP) is 5.49. The van der Waals surface area contributed by atoms with Crippen molar-refractivity contribution >= 4 is 23.2 Å². The maximum Gasteiger partial charge on any atom is 0.145 e. The van der Waals surface area contributed by atoms with Gasteiger partial charge in [0.05, 0.1) is 17.0 Å². The highest BCUT2D eigenvalue weighted by atomic mass is 35.5. The molecule has 0 spiro atoms. The molecule has 0 aliphatic carbocycles. The lowest BCUT2D eigenvalue weighted by Gasteiger charge is -2.29. The van der Waals surface area contributed by atoms with Crippen LogP contribution in [-0.2, 0) is 0 Å². The van der Waals surface area contributed by atoms with Gasteiger partial charge in [-0.15, -0.1) is 0 Å². The number of halogens is 4. The fourth-order valence-corrected chi connectivity index (χ4v) is 4.21. The highest BCUT2D eigenvalue weighted by Crippen LogP contribution is 2.39. The van der Waals surface area contributed by atoms with Crippen molar-refractivity contribution in [1.29, 1.82) is 5.26 Å². The lowest BCUT2D eigenvalue weighted by atomic mass is 9.77. The summed E-state index contributed by atoms with van der Waals surface area (Å²) in [5, 5.41) is 13.5. The number of nitrogens with two attached hydrogens (primary N) is 2. The summed E-state index contributed by atoms with van der Waals surface area (Å²) in [6.45, 7) is 5.54. The van der Waals surface area contributed by atoms with Crippen molar-refractivity contribution in [2.45, 2.75) is 38.6 Å². The minimum Gasteiger partial charge on any atom is -0.333 e. The summed E-state index contributed by atoms with van der Waals surface area (Å²) in [7, 11) is 1.50. The number of hydrogen-bond donors (Lipinski definition) is 3. The van der Waals surface area contributed by atoms with Crippen LogP contribution in [0.3, 0.4) is 0 Å². The molecule has 8 heteroatoms. The van der Waals surface area contributed by atoms with Crippen molar-refractivity contribution in [2.75, 3.05) is 20.1 Å². The Morgan fingerprint density at radius 1 is 1.16 bits per heavy atom. The SMILES string of the molecule is CC(C)(CCN)CC1NCC(c2cccc(Cl)c2F)C1C#N.CN.Fc1cccc(Cl)c1. The van der Waals surface area contributed by atoms with Gasteiger partial charge in [-0.1, -0.05) is 55.2 Å². The van der Waals surface area contributed by atoms with E-state index in [4.69, 9.17) is 28.9 Å². The summed E-state index contributed by atoms with van der Waals surface area (Å²) in [5.74, 6) is -1.12. The predicted molar refractivity (Wildman–Crippen MR) is 129 cm³/mol. The molecular formula is C24H32Cl2F2N4. The van der Waals surface area contributed by atoms with Gasteiger partial charge < -0.3 is 16.8 Å². The number of rotatable bonds is 5. The Kier molecular flexibility index (Phi) is 12.1. The van der Waals surface area contributed by atoms with Crippen LogP contribution in [0.4, 0.5) is 8.78 Å². The fourth-order valence-electron chi connectivity index (χ4n) is 3.85. The number of nitrogens with zero attached hydrogens (tertiary/aromatic N) is 1. The van der Waals surface area contributed by atoms with Gasteiger partial charge in [-0.05, 0) is 61.7 Å². The van der Waals surface area contributed by atoms with Crippen LogP contribution in [0.1, 0.15) is 38.2 Å². The first-order valence-electron chi connectivity index (χ1n) is 10.4. The van der Waals surface area contributed by atoms with Crippen LogP contribution in [0.2, 0.25) is 10.0 Å². The van der Waals surface area contributed by atoms with Gasteiger partial charge in [-0.3, -0.25) is 0 Å². The minimum atomic E-state index is -0.405. The second-order valence-corrected chi connectivity index (χ2v) is 9.11. The van der Waals surface area contributed by atoms with E-state index >= 15 is 0 Å².